The van der Waals surface area contributed by atoms with Crippen LogP contribution in [0.4, 0.5) is 5.69 Å². The van der Waals surface area contributed by atoms with Crippen LogP contribution in [0.2, 0.25) is 0 Å². The maximum atomic E-state index is 11.4. The lowest BCUT2D eigenvalue weighted by Crippen LogP contribution is -2.35. The topological polar surface area (TPSA) is 32.3 Å². The molecule has 0 aliphatic heterocycles. The van der Waals surface area contributed by atoms with Gasteiger partial charge in [0, 0.05) is 5.69 Å². The first-order valence-electron chi connectivity index (χ1n) is 7.82. The van der Waals surface area contributed by atoms with Crippen molar-refractivity contribution in [2.75, 3.05) is 11.9 Å². The Balaban J connectivity index is 1.93. The molecule has 2 nitrogen and oxygen atoms in total. The molecule has 0 unspecified atom stereocenters. The van der Waals surface area contributed by atoms with E-state index < -0.39 is 5.60 Å². The Hall–Kier alpha value is -2.58. The van der Waals surface area contributed by atoms with Gasteiger partial charge < -0.3 is 10.4 Å². The summed E-state index contributed by atoms with van der Waals surface area (Å²) in [5.74, 6) is 0. The molecule has 3 aromatic rings. The largest absolute Gasteiger partial charge is 0.381 e. The lowest BCUT2D eigenvalue weighted by Gasteiger charge is -2.30. The molecule has 2 N–H and O–H groups in total. The summed E-state index contributed by atoms with van der Waals surface area (Å²) in [4.78, 5) is 0. The summed E-state index contributed by atoms with van der Waals surface area (Å²) in [5.41, 5.74) is 2.89. The highest BCUT2D eigenvalue weighted by molar-refractivity contribution is 5.47. The van der Waals surface area contributed by atoms with Crippen LogP contribution in [0.3, 0.4) is 0 Å². The summed E-state index contributed by atoms with van der Waals surface area (Å²) in [6, 6.07) is 27.8. The minimum absolute atomic E-state index is 0.407. The van der Waals surface area contributed by atoms with Crippen LogP contribution in [0.15, 0.2) is 84.9 Å². The van der Waals surface area contributed by atoms with Crippen LogP contribution >= 0.6 is 0 Å². The van der Waals surface area contributed by atoms with Gasteiger partial charge >= 0.3 is 0 Å². The maximum Gasteiger partial charge on any atom is 0.132 e. The SMILES string of the molecule is Cc1cccc(NCC(O)(c2ccccc2)c2ccccc2)c1. The highest BCUT2D eigenvalue weighted by Crippen LogP contribution is 2.30. The summed E-state index contributed by atoms with van der Waals surface area (Å²) < 4.78 is 0. The van der Waals surface area contributed by atoms with E-state index in [-0.39, 0.29) is 0 Å². The molecule has 0 aliphatic carbocycles. The van der Waals surface area contributed by atoms with E-state index in [2.05, 4.69) is 24.4 Å². The van der Waals surface area contributed by atoms with Crippen LogP contribution in [0, 0.1) is 6.92 Å². The standard InChI is InChI=1S/C21H21NO/c1-17-9-8-14-20(15-17)22-16-21(23,18-10-4-2-5-11-18)19-12-6-3-7-13-19/h2-15,22-23H,16H2,1H3. The van der Waals surface area contributed by atoms with Crippen molar-refractivity contribution in [2.24, 2.45) is 0 Å². The number of aryl methyl sites for hydroxylation is 1. The summed E-state index contributed by atoms with van der Waals surface area (Å²) in [5, 5.41) is 14.8. The fourth-order valence-corrected chi connectivity index (χ4v) is 2.78. The van der Waals surface area contributed by atoms with Gasteiger partial charge in [-0.3, -0.25) is 0 Å². The van der Waals surface area contributed by atoms with Crippen LogP contribution in [0.25, 0.3) is 0 Å². The lowest BCUT2D eigenvalue weighted by molar-refractivity contribution is 0.0950. The fraction of sp³-hybridized carbons (Fsp3) is 0.143. The molecule has 0 aliphatic rings. The highest BCUT2D eigenvalue weighted by Gasteiger charge is 2.31. The predicted octanol–water partition coefficient (Wildman–Crippen LogP) is 4.34. The molecule has 0 atom stereocenters. The van der Waals surface area contributed by atoms with Crippen molar-refractivity contribution in [3.05, 3.63) is 102 Å². The Morgan fingerprint density at radius 1 is 0.783 bits per heavy atom. The summed E-state index contributed by atoms with van der Waals surface area (Å²) >= 11 is 0. The van der Waals surface area contributed by atoms with Gasteiger partial charge in [0.25, 0.3) is 0 Å². The molecule has 0 spiro atoms. The molecule has 3 aromatic carbocycles. The Kier molecular flexibility index (Phi) is 4.45. The second-order valence-corrected chi connectivity index (χ2v) is 5.82. The number of aliphatic hydroxyl groups is 1. The van der Waals surface area contributed by atoms with Crippen LogP contribution < -0.4 is 5.32 Å². The summed E-state index contributed by atoms with van der Waals surface area (Å²) in [6.07, 6.45) is 0. The van der Waals surface area contributed by atoms with Crippen LogP contribution in [-0.4, -0.2) is 11.7 Å². The molecule has 0 heterocycles. The van der Waals surface area contributed by atoms with Gasteiger partial charge in [0.2, 0.25) is 0 Å². The van der Waals surface area contributed by atoms with Crippen molar-refractivity contribution in [1.82, 2.24) is 0 Å². The zero-order valence-corrected chi connectivity index (χ0v) is 13.2. The number of hydrogen-bond acceptors (Lipinski definition) is 2. The predicted molar refractivity (Wildman–Crippen MR) is 95.6 cm³/mol. The maximum absolute atomic E-state index is 11.4. The molecule has 0 amide bonds. The van der Waals surface area contributed by atoms with Crippen molar-refractivity contribution in [2.45, 2.75) is 12.5 Å². The Morgan fingerprint density at radius 3 is 1.87 bits per heavy atom. The average molecular weight is 303 g/mol. The number of rotatable bonds is 5. The second-order valence-electron chi connectivity index (χ2n) is 5.82. The monoisotopic (exact) mass is 303 g/mol. The van der Waals surface area contributed by atoms with Crippen molar-refractivity contribution < 1.29 is 5.11 Å². The Labute approximate surface area is 137 Å². The molecule has 116 valence electrons. The fourth-order valence-electron chi connectivity index (χ4n) is 2.78. The highest BCUT2D eigenvalue weighted by atomic mass is 16.3. The minimum Gasteiger partial charge on any atom is -0.381 e. The molecule has 0 saturated carbocycles. The second kappa shape index (κ2) is 6.67. The first-order valence-corrected chi connectivity index (χ1v) is 7.82. The normalized spacial score (nSPS) is 11.2. The molecule has 3 rings (SSSR count). The van der Waals surface area contributed by atoms with Gasteiger partial charge in [-0.15, -0.1) is 0 Å². The van der Waals surface area contributed by atoms with Gasteiger partial charge in [0.1, 0.15) is 5.60 Å². The van der Waals surface area contributed by atoms with Crippen molar-refractivity contribution in [1.29, 1.82) is 0 Å². The number of benzene rings is 3. The van der Waals surface area contributed by atoms with E-state index in [9.17, 15) is 5.11 Å². The molecule has 23 heavy (non-hydrogen) atoms. The van der Waals surface area contributed by atoms with Crippen molar-refractivity contribution in [3.63, 3.8) is 0 Å². The van der Waals surface area contributed by atoms with Gasteiger partial charge in [-0.25, -0.2) is 0 Å². The van der Waals surface area contributed by atoms with Crippen LogP contribution in [0.1, 0.15) is 16.7 Å². The molecule has 0 bridgehead atoms. The van der Waals surface area contributed by atoms with E-state index in [0.29, 0.717) is 6.54 Å². The van der Waals surface area contributed by atoms with Gasteiger partial charge in [-0.1, -0.05) is 72.8 Å². The van der Waals surface area contributed by atoms with Gasteiger partial charge in [0.05, 0.1) is 6.54 Å². The van der Waals surface area contributed by atoms with E-state index >= 15 is 0 Å². The number of nitrogens with one attached hydrogen (secondary N) is 1. The van der Waals surface area contributed by atoms with E-state index in [1.54, 1.807) is 0 Å². The van der Waals surface area contributed by atoms with Crippen molar-refractivity contribution in [3.8, 4) is 0 Å². The molecule has 0 aromatic heterocycles. The number of anilines is 1. The van der Waals surface area contributed by atoms with Gasteiger partial charge in [-0.05, 0) is 35.7 Å². The third-order valence-electron chi connectivity index (χ3n) is 4.07. The first kappa shape index (κ1) is 15.3. The van der Waals surface area contributed by atoms with E-state index in [1.165, 1.54) is 5.56 Å². The molecular formula is C21H21NO. The molecular weight excluding hydrogens is 282 g/mol. The Morgan fingerprint density at radius 2 is 1.35 bits per heavy atom. The van der Waals surface area contributed by atoms with E-state index in [0.717, 1.165) is 16.8 Å². The third-order valence-corrected chi connectivity index (χ3v) is 4.07. The zero-order valence-electron chi connectivity index (χ0n) is 13.2. The third kappa shape index (κ3) is 3.43. The molecule has 0 saturated heterocycles. The summed E-state index contributed by atoms with van der Waals surface area (Å²) in [6.45, 7) is 2.47. The molecule has 0 fully saturated rings. The van der Waals surface area contributed by atoms with Crippen LogP contribution in [0.5, 0.6) is 0 Å². The number of hydrogen-bond donors (Lipinski definition) is 2. The Bertz CT molecular complexity index is 714. The lowest BCUT2D eigenvalue weighted by atomic mass is 9.86. The zero-order chi connectivity index (χ0) is 16.1. The van der Waals surface area contributed by atoms with E-state index in [4.69, 9.17) is 0 Å². The smallest absolute Gasteiger partial charge is 0.132 e. The quantitative estimate of drug-likeness (QED) is 0.735. The molecule has 2 heteroatoms. The van der Waals surface area contributed by atoms with Crippen LogP contribution in [-0.2, 0) is 5.60 Å². The van der Waals surface area contributed by atoms with E-state index in [1.807, 2.05) is 72.8 Å². The first-order chi connectivity index (χ1) is 11.2. The van der Waals surface area contributed by atoms with Gasteiger partial charge in [-0.2, -0.15) is 0 Å². The minimum atomic E-state index is -1.08. The molecule has 0 radical (unpaired) electrons. The average Bonchev–Trinajstić information content (AvgIpc) is 2.61. The van der Waals surface area contributed by atoms with Crippen molar-refractivity contribution >= 4 is 5.69 Å². The summed E-state index contributed by atoms with van der Waals surface area (Å²) in [7, 11) is 0. The van der Waals surface area contributed by atoms with Gasteiger partial charge in [0.15, 0.2) is 0 Å².